The van der Waals surface area contributed by atoms with Crippen LogP contribution in [0.1, 0.15) is 64.2 Å². The van der Waals surface area contributed by atoms with Crippen molar-refractivity contribution in [1.82, 2.24) is 10.3 Å². The van der Waals surface area contributed by atoms with Gasteiger partial charge >= 0.3 is 0 Å². The predicted molar refractivity (Wildman–Crippen MR) is 74.6 cm³/mol. The van der Waals surface area contributed by atoms with Gasteiger partial charge in [0, 0.05) is 16.8 Å². The van der Waals surface area contributed by atoms with Crippen LogP contribution < -0.4 is 5.32 Å². The molecule has 2 rings (SSSR count). The number of rotatable bonds is 4. The van der Waals surface area contributed by atoms with E-state index in [4.69, 9.17) is 4.98 Å². The van der Waals surface area contributed by atoms with Gasteiger partial charge in [0.05, 0.1) is 11.7 Å². The molecule has 1 aromatic rings. The number of aromatic nitrogens is 1. The van der Waals surface area contributed by atoms with Crippen LogP contribution in [0.15, 0.2) is 5.38 Å². The van der Waals surface area contributed by atoms with Crippen LogP contribution in [-0.4, -0.2) is 11.0 Å². The average molecular weight is 252 g/mol. The molecule has 0 spiro atoms. The SMILES string of the molecule is CC(C)NC(c1nc(C(C)(C)C)cs1)C1CC1. The van der Waals surface area contributed by atoms with Crippen LogP contribution in [-0.2, 0) is 5.41 Å². The van der Waals surface area contributed by atoms with Gasteiger partial charge in [-0.3, -0.25) is 0 Å². The van der Waals surface area contributed by atoms with Gasteiger partial charge in [-0.25, -0.2) is 4.98 Å². The maximum Gasteiger partial charge on any atom is 0.110 e. The summed E-state index contributed by atoms with van der Waals surface area (Å²) in [6, 6.07) is 1.01. The van der Waals surface area contributed by atoms with Crippen molar-refractivity contribution >= 4 is 11.3 Å². The Balaban J connectivity index is 2.16. The van der Waals surface area contributed by atoms with Gasteiger partial charge in [0.1, 0.15) is 5.01 Å². The van der Waals surface area contributed by atoms with E-state index in [2.05, 4.69) is 45.3 Å². The topological polar surface area (TPSA) is 24.9 Å². The molecule has 1 N–H and O–H groups in total. The van der Waals surface area contributed by atoms with Crippen molar-refractivity contribution in [1.29, 1.82) is 0 Å². The van der Waals surface area contributed by atoms with Gasteiger partial charge in [0.15, 0.2) is 0 Å². The molecule has 1 heterocycles. The normalized spacial score (nSPS) is 18.7. The molecule has 96 valence electrons. The Kier molecular flexibility index (Phi) is 3.60. The van der Waals surface area contributed by atoms with Crippen LogP contribution in [0.4, 0.5) is 0 Å². The lowest BCUT2D eigenvalue weighted by Gasteiger charge is -2.19. The van der Waals surface area contributed by atoms with Gasteiger partial charge in [-0.2, -0.15) is 0 Å². The summed E-state index contributed by atoms with van der Waals surface area (Å²) in [6.07, 6.45) is 2.71. The molecular formula is C14H24N2S. The third kappa shape index (κ3) is 3.29. The van der Waals surface area contributed by atoms with E-state index in [1.54, 1.807) is 0 Å². The van der Waals surface area contributed by atoms with Crippen molar-refractivity contribution in [2.75, 3.05) is 0 Å². The van der Waals surface area contributed by atoms with Crippen molar-refractivity contribution in [3.05, 3.63) is 16.1 Å². The van der Waals surface area contributed by atoms with Gasteiger partial charge < -0.3 is 5.32 Å². The molecule has 1 aromatic heterocycles. The van der Waals surface area contributed by atoms with Gasteiger partial charge in [-0.05, 0) is 18.8 Å². The molecule has 1 aliphatic rings. The molecule has 0 radical (unpaired) electrons. The van der Waals surface area contributed by atoms with E-state index in [-0.39, 0.29) is 5.41 Å². The van der Waals surface area contributed by atoms with Gasteiger partial charge in [0.25, 0.3) is 0 Å². The number of hydrogen-bond donors (Lipinski definition) is 1. The highest BCUT2D eigenvalue weighted by atomic mass is 32.1. The lowest BCUT2D eigenvalue weighted by molar-refractivity contribution is 0.432. The molecule has 0 saturated heterocycles. The quantitative estimate of drug-likeness (QED) is 0.879. The molecular weight excluding hydrogens is 228 g/mol. The Morgan fingerprint density at radius 3 is 2.41 bits per heavy atom. The second kappa shape index (κ2) is 4.69. The van der Waals surface area contributed by atoms with Crippen LogP contribution >= 0.6 is 11.3 Å². The van der Waals surface area contributed by atoms with Crippen LogP contribution in [0.5, 0.6) is 0 Å². The molecule has 17 heavy (non-hydrogen) atoms. The summed E-state index contributed by atoms with van der Waals surface area (Å²) in [5.41, 5.74) is 1.40. The molecule has 0 bridgehead atoms. The molecule has 0 aromatic carbocycles. The predicted octanol–water partition coefficient (Wildman–Crippen LogP) is 3.89. The highest BCUT2D eigenvalue weighted by Crippen LogP contribution is 2.42. The first-order valence-electron chi connectivity index (χ1n) is 6.60. The Morgan fingerprint density at radius 2 is 2.00 bits per heavy atom. The Hall–Kier alpha value is -0.410. The van der Waals surface area contributed by atoms with Crippen molar-refractivity contribution in [2.45, 2.75) is 65.0 Å². The summed E-state index contributed by atoms with van der Waals surface area (Å²) >= 11 is 1.82. The van der Waals surface area contributed by atoms with E-state index in [0.29, 0.717) is 12.1 Å². The van der Waals surface area contributed by atoms with Gasteiger partial charge in [-0.15, -0.1) is 11.3 Å². The Labute approximate surface area is 109 Å². The van der Waals surface area contributed by atoms with E-state index in [0.717, 1.165) is 5.92 Å². The third-order valence-corrected chi connectivity index (χ3v) is 4.09. The zero-order valence-corrected chi connectivity index (χ0v) is 12.4. The number of thiazole rings is 1. The monoisotopic (exact) mass is 252 g/mol. The molecule has 0 amide bonds. The second-order valence-corrected chi connectivity index (χ2v) is 7.35. The summed E-state index contributed by atoms with van der Waals surface area (Å²) in [5.74, 6) is 0.816. The minimum absolute atomic E-state index is 0.167. The lowest BCUT2D eigenvalue weighted by atomic mass is 9.93. The van der Waals surface area contributed by atoms with E-state index in [1.807, 2.05) is 11.3 Å². The van der Waals surface area contributed by atoms with Crippen molar-refractivity contribution in [3.8, 4) is 0 Å². The largest absolute Gasteiger partial charge is 0.305 e. The highest BCUT2D eigenvalue weighted by molar-refractivity contribution is 7.09. The lowest BCUT2D eigenvalue weighted by Crippen LogP contribution is -2.29. The van der Waals surface area contributed by atoms with Crippen molar-refractivity contribution in [3.63, 3.8) is 0 Å². The Bertz CT molecular complexity index is 372. The summed E-state index contributed by atoms with van der Waals surface area (Å²) in [4.78, 5) is 4.85. The maximum atomic E-state index is 4.85. The summed E-state index contributed by atoms with van der Waals surface area (Å²) < 4.78 is 0. The first kappa shape index (κ1) is 13.0. The van der Waals surface area contributed by atoms with E-state index in [9.17, 15) is 0 Å². The van der Waals surface area contributed by atoms with Crippen LogP contribution in [0, 0.1) is 5.92 Å². The van der Waals surface area contributed by atoms with E-state index in [1.165, 1.54) is 23.5 Å². The molecule has 1 aliphatic carbocycles. The number of nitrogens with one attached hydrogen (secondary N) is 1. The Morgan fingerprint density at radius 1 is 1.35 bits per heavy atom. The molecule has 1 saturated carbocycles. The van der Waals surface area contributed by atoms with E-state index >= 15 is 0 Å². The summed E-state index contributed by atoms with van der Waals surface area (Å²) in [5, 5.41) is 7.18. The smallest absolute Gasteiger partial charge is 0.110 e. The standard InChI is InChI=1S/C14H24N2S/c1-9(2)15-12(10-6-7-10)13-16-11(8-17-13)14(3,4)5/h8-10,12,15H,6-7H2,1-5H3. The first-order valence-corrected chi connectivity index (χ1v) is 7.48. The van der Waals surface area contributed by atoms with Crippen LogP contribution in [0.25, 0.3) is 0 Å². The second-order valence-electron chi connectivity index (χ2n) is 6.46. The molecule has 0 aliphatic heterocycles. The molecule has 1 atom stereocenters. The maximum absolute atomic E-state index is 4.85. The molecule has 2 nitrogen and oxygen atoms in total. The van der Waals surface area contributed by atoms with Crippen LogP contribution in [0.3, 0.4) is 0 Å². The van der Waals surface area contributed by atoms with Crippen LogP contribution in [0.2, 0.25) is 0 Å². The minimum atomic E-state index is 0.167. The first-order chi connectivity index (χ1) is 7.88. The zero-order valence-electron chi connectivity index (χ0n) is 11.6. The highest BCUT2D eigenvalue weighted by Gasteiger charge is 2.34. The van der Waals surface area contributed by atoms with Gasteiger partial charge in [-0.1, -0.05) is 34.6 Å². The zero-order chi connectivity index (χ0) is 12.6. The minimum Gasteiger partial charge on any atom is -0.305 e. The fraction of sp³-hybridized carbons (Fsp3) is 0.786. The van der Waals surface area contributed by atoms with Crippen molar-refractivity contribution in [2.24, 2.45) is 5.92 Å². The van der Waals surface area contributed by atoms with Gasteiger partial charge in [0.2, 0.25) is 0 Å². The number of nitrogens with zero attached hydrogens (tertiary/aromatic N) is 1. The summed E-state index contributed by atoms with van der Waals surface area (Å²) in [7, 11) is 0. The van der Waals surface area contributed by atoms with Crippen molar-refractivity contribution < 1.29 is 0 Å². The third-order valence-electron chi connectivity index (χ3n) is 3.16. The molecule has 3 heteroatoms. The van der Waals surface area contributed by atoms with E-state index < -0.39 is 0 Å². The number of hydrogen-bond acceptors (Lipinski definition) is 3. The average Bonchev–Trinajstić information content (AvgIpc) is 2.89. The molecule has 1 unspecified atom stereocenters. The summed E-state index contributed by atoms with van der Waals surface area (Å²) in [6.45, 7) is 11.1. The fourth-order valence-corrected chi connectivity index (χ4v) is 3.17. The fourth-order valence-electron chi connectivity index (χ4n) is 1.97. The molecule has 1 fully saturated rings.